The van der Waals surface area contributed by atoms with Crippen molar-refractivity contribution >= 4 is 11.0 Å². The van der Waals surface area contributed by atoms with Gasteiger partial charge in [-0.1, -0.05) is 32.0 Å². The molecule has 4 nitrogen and oxygen atoms in total. The van der Waals surface area contributed by atoms with Crippen LogP contribution in [0.3, 0.4) is 0 Å². The maximum atomic E-state index is 11.7. The predicted octanol–water partition coefficient (Wildman–Crippen LogP) is 3.31. The van der Waals surface area contributed by atoms with E-state index in [1.54, 1.807) is 6.26 Å². The second-order valence-corrected chi connectivity index (χ2v) is 4.82. The fraction of sp³-hybridized carbons (Fsp3) is 0.200. The minimum absolute atomic E-state index is 0.140. The minimum Gasteiger partial charge on any atom is -0.464 e. The number of para-hydroxylation sites is 1. The quantitative estimate of drug-likeness (QED) is 0.763. The molecule has 19 heavy (non-hydrogen) atoms. The van der Waals surface area contributed by atoms with Gasteiger partial charge in [0.1, 0.15) is 17.7 Å². The Morgan fingerprint density at radius 3 is 2.84 bits per heavy atom. The summed E-state index contributed by atoms with van der Waals surface area (Å²) in [6.07, 6.45) is 1.63. The zero-order valence-electron chi connectivity index (χ0n) is 10.8. The Hall–Kier alpha value is -2.36. The van der Waals surface area contributed by atoms with Gasteiger partial charge in [0.2, 0.25) is 0 Å². The average molecular weight is 254 g/mol. The summed E-state index contributed by atoms with van der Waals surface area (Å²) in [4.78, 5) is 19.0. The van der Waals surface area contributed by atoms with E-state index in [2.05, 4.69) is 9.97 Å². The summed E-state index contributed by atoms with van der Waals surface area (Å²) in [6.45, 7) is 4.03. The minimum atomic E-state index is -0.140. The van der Waals surface area contributed by atoms with Crippen LogP contribution in [-0.4, -0.2) is 9.97 Å². The lowest BCUT2D eigenvalue weighted by Crippen LogP contribution is -2.11. The van der Waals surface area contributed by atoms with E-state index in [-0.39, 0.29) is 11.5 Å². The van der Waals surface area contributed by atoms with Crippen molar-refractivity contribution in [3.63, 3.8) is 0 Å². The molecule has 0 saturated carbocycles. The second-order valence-electron chi connectivity index (χ2n) is 4.82. The molecule has 0 aliphatic heterocycles. The summed E-state index contributed by atoms with van der Waals surface area (Å²) in [5, 5.41) is 0.951. The van der Waals surface area contributed by atoms with Gasteiger partial charge in [0.25, 0.3) is 5.56 Å². The molecule has 2 heterocycles. The largest absolute Gasteiger partial charge is 0.464 e. The molecule has 0 aliphatic carbocycles. The number of H-pyrrole nitrogens is 1. The predicted molar refractivity (Wildman–Crippen MR) is 74.2 cm³/mol. The summed E-state index contributed by atoms with van der Waals surface area (Å²) >= 11 is 0. The first-order valence-electron chi connectivity index (χ1n) is 6.23. The third kappa shape index (κ3) is 2.05. The van der Waals surface area contributed by atoms with Crippen LogP contribution < -0.4 is 5.56 Å². The van der Waals surface area contributed by atoms with E-state index >= 15 is 0 Å². The van der Waals surface area contributed by atoms with Crippen LogP contribution in [0.5, 0.6) is 0 Å². The van der Waals surface area contributed by atoms with Crippen molar-refractivity contribution in [3.8, 4) is 11.4 Å². The summed E-state index contributed by atoms with van der Waals surface area (Å²) < 4.78 is 5.48. The molecule has 0 saturated heterocycles. The Morgan fingerprint density at radius 2 is 2.05 bits per heavy atom. The summed E-state index contributed by atoms with van der Waals surface area (Å²) in [5.41, 5.74) is 2.24. The molecule has 4 heteroatoms. The molecular weight excluding hydrogens is 240 g/mol. The van der Waals surface area contributed by atoms with Crippen LogP contribution in [0, 0.1) is 0 Å². The number of furan rings is 1. The molecule has 2 aromatic heterocycles. The van der Waals surface area contributed by atoms with Crippen molar-refractivity contribution in [2.24, 2.45) is 0 Å². The Kier molecular flexibility index (Phi) is 2.71. The van der Waals surface area contributed by atoms with E-state index in [1.165, 1.54) is 6.07 Å². The number of fused-ring (bicyclic) bond motifs is 1. The molecule has 3 aromatic rings. The van der Waals surface area contributed by atoms with Gasteiger partial charge in [-0.05, 0) is 12.0 Å². The number of aromatic amines is 1. The van der Waals surface area contributed by atoms with Crippen LogP contribution in [-0.2, 0) is 0 Å². The van der Waals surface area contributed by atoms with Crippen LogP contribution in [0.15, 0.2) is 45.8 Å². The zero-order valence-corrected chi connectivity index (χ0v) is 10.8. The molecule has 96 valence electrons. The Bertz CT molecular complexity index is 784. The molecule has 0 aliphatic rings. The molecule has 0 amide bonds. The molecule has 0 spiro atoms. The van der Waals surface area contributed by atoms with Crippen molar-refractivity contribution in [1.82, 2.24) is 9.97 Å². The highest BCUT2D eigenvalue weighted by Gasteiger charge is 2.12. The van der Waals surface area contributed by atoms with Crippen LogP contribution in [0.2, 0.25) is 0 Å². The topological polar surface area (TPSA) is 58.9 Å². The first kappa shape index (κ1) is 11.7. The third-order valence-electron chi connectivity index (χ3n) is 3.09. The Labute approximate surface area is 110 Å². The van der Waals surface area contributed by atoms with Gasteiger partial charge in [-0.15, -0.1) is 0 Å². The van der Waals surface area contributed by atoms with E-state index in [4.69, 9.17) is 4.42 Å². The van der Waals surface area contributed by atoms with Gasteiger partial charge in [0, 0.05) is 11.5 Å². The number of rotatable bonds is 2. The van der Waals surface area contributed by atoms with Crippen molar-refractivity contribution < 1.29 is 4.42 Å². The molecular formula is C15H14N2O2. The van der Waals surface area contributed by atoms with E-state index in [0.29, 0.717) is 5.82 Å². The van der Waals surface area contributed by atoms with Gasteiger partial charge in [-0.25, -0.2) is 4.98 Å². The van der Waals surface area contributed by atoms with Crippen molar-refractivity contribution in [1.29, 1.82) is 0 Å². The Balaban J connectivity index is 2.24. The second kappa shape index (κ2) is 4.39. The number of aromatic nitrogens is 2. The summed E-state index contributed by atoms with van der Waals surface area (Å²) in [7, 11) is 0. The molecule has 0 unspecified atom stereocenters. The average Bonchev–Trinajstić information content (AvgIpc) is 2.81. The van der Waals surface area contributed by atoms with Gasteiger partial charge in [0.15, 0.2) is 0 Å². The SMILES string of the molecule is CC(C)c1cc(=O)[nH]c(-c2coc3ccccc23)n1. The highest BCUT2D eigenvalue weighted by atomic mass is 16.3. The van der Waals surface area contributed by atoms with Crippen molar-refractivity contribution in [2.45, 2.75) is 19.8 Å². The van der Waals surface area contributed by atoms with Crippen LogP contribution in [0.1, 0.15) is 25.5 Å². The molecule has 0 bridgehead atoms. The van der Waals surface area contributed by atoms with E-state index in [9.17, 15) is 4.79 Å². The number of nitrogens with zero attached hydrogens (tertiary/aromatic N) is 1. The fourth-order valence-electron chi connectivity index (χ4n) is 2.06. The van der Waals surface area contributed by atoms with Gasteiger partial charge >= 0.3 is 0 Å². The standard InChI is InChI=1S/C15H14N2O2/c1-9(2)12-7-14(18)17-15(16-12)11-8-19-13-6-4-3-5-10(11)13/h3-9H,1-2H3,(H,16,17,18). The van der Waals surface area contributed by atoms with Crippen molar-refractivity contribution in [2.75, 3.05) is 0 Å². The maximum Gasteiger partial charge on any atom is 0.251 e. The Morgan fingerprint density at radius 1 is 1.26 bits per heavy atom. The summed E-state index contributed by atoms with van der Waals surface area (Å²) in [5.74, 6) is 0.764. The normalized spacial score (nSPS) is 11.3. The molecule has 0 radical (unpaired) electrons. The van der Waals surface area contributed by atoms with Crippen LogP contribution >= 0.6 is 0 Å². The maximum absolute atomic E-state index is 11.7. The van der Waals surface area contributed by atoms with Gasteiger partial charge in [0.05, 0.1) is 11.3 Å². The van der Waals surface area contributed by atoms with Crippen LogP contribution in [0.4, 0.5) is 0 Å². The van der Waals surface area contributed by atoms with Gasteiger partial charge in [-0.3, -0.25) is 4.79 Å². The van der Waals surface area contributed by atoms with E-state index in [0.717, 1.165) is 22.2 Å². The smallest absolute Gasteiger partial charge is 0.251 e. The number of benzene rings is 1. The highest BCUT2D eigenvalue weighted by molar-refractivity contribution is 5.91. The van der Waals surface area contributed by atoms with Gasteiger partial charge in [-0.2, -0.15) is 0 Å². The fourth-order valence-corrected chi connectivity index (χ4v) is 2.06. The first-order chi connectivity index (χ1) is 9.15. The lowest BCUT2D eigenvalue weighted by atomic mass is 10.1. The monoisotopic (exact) mass is 254 g/mol. The number of nitrogens with one attached hydrogen (secondary N) is 1. The third-order valence-corrected chi connectivity index (χ3v) is 3.09. The number of hydrogen-bond acceptors (Lipinski definition) is 3. The first-order valence-corrected chi connectivity index (χ1v) is 6.23. The van der Waals surface area contributed by atoms with Gasteiger partial charge < -0.3 is 9.40 Å². The van der Waals surface area contributed by atoms with Crippen molar-refractivity contribution in [3.05, 3.63) is 52.6 Å². The lowest BCUT2D eigenvalue weighted by Gasteiger charge is -2.05. The molecule has 1 aromatic carbocycles. The molecule has 0 atom stereocenters. The molecule has 0 fully saturated rings. The lowest BCUT2D eigenvalue weighted by molar-refractivity contribution is 0.616. The molecule has 3 rings (SSSR count). The van der Waals surface area contributed by atoms with Crippen LogP contribution in [0.25, 0.3) is 22.4 Å². The highest BCUT2D eigenvalue weighted by Crippen LogP contribution is 2.28. The molecule has 1 N–H and O–H groups in total. The van der Waals surface area contributed by atoms with E-state index in [1.807, 2.05) is 38.1 Å². The summed E-state index contributed by atoms with van der Waals surface area (Å²) in [6, 6.07) is 9.23. The zero-order chi connectivity index (χ0) is 13.4. The van der Waals surface area contributed by atoms with E-state index < -0.39 is 0 Å². The number of hydrogen-bond donors (Lipinski definition) is 1.